The van der Waals surface area contributed by atoms with E-state index in [-0.39, 0.29) is 6.61 Å². The van der Waals surface area contributed by atoms with Crippen molar-refractivity contribution >= 4 is 0 Å². The van der Waals surface area contributed by atoms with Crippen LogP contribution in [0.25, 0.3) is 0 Å². The van der Waals surface area contributed by atoms with Gasteiger partial charge in [-0.1, -0.05) is 33.6 Å². The van der Waals surface area contributed by atoms with Gasteiger partial charge >= 0.3 is 0 Å². The Balaban J connectivity index is 3.69. The van der Waals surface area contributed by atoms with Gasteiger partial charge in [0, 0.05) is 0 Å². The van der Waals surface area contributed by atoms with Gasteiger partial charge < -0.3 is 0 Å². The van der Waals surface area contributed by atoms with E-state index in [9.17, 15) is 5.11 Å². The normalized spacial score (nSPS) is 16.8. The van der Waals surface area contributed by atoms with E-state index in [2.05, 4.69) is 20.8 Å². The highest BCUT2D eigenvalue weighted by atomic mass is 16.3. The lowest BCUT2D eigenvalue weighted by Crippen LogP contribution is -2.15. The highest BCUT2D eigenvalue weighted by Crippen LogP contribution is 2.30. The summed E-state index contributed by atoms with van der Waals surface area (Å²) in [6.45, 7) is 6.66. The van der Waals surface area contributed by atoms with E-state index in [1.807, 2.05) is 0 Å². The Hall–Kier alpha value is -0.0400. The smallest absolute Gasteiger partial charge is 0.0827 e. The van der Waals surface area contributed by atoms with Crippen molar-refractivity contribution in [1.29, 1.82) is 0 Å². The van der Waals surface area contributed by atoms with Crippen LogP contribution in [0.4, 0.5) is 0 Å². The molecule has 0 aliphatic rings. The lowest BCUT2D eigenvalue weighted by Gasteiger charge is -2.26. The molecule has 0 N–H and O–H groups in total. The van der Waals surface area contributed by atoms with Crippen molar-refractivity contribution in [2.24, 2.45) is 5.41 Å². The van der Waals surface area contributed by atoms with Crippen molar-refractivity contribution in [1.82, 2.24) is 0 Å². The SMILES string of the molecule is CCCC(C)(CC)CC[O]. The van der Waals surface area contributed by atoms with Crippen LogP contribution in [0.3, 0.4) is 0 Å². The summed E-state index contributed by atoms with van der Waals surface area (Å²) < 4.78 is 0. The van der Waals surface area contributed by atoms with Crippen molar-refractivity contribution in [3.05, 3.63) is 0 Å². The Morgan fingerprint density at radius 3 is 2.10 bits per heavy atom. The number of hydrogen-bond acceptors (Lipinski definition) is 0. The highest BCUT2D eigenvalue weighted by molar-refractivity contribution is 4.70. The zero-order chi connectivity index (χ0) is 8.04. The van der Waals surface area contributed by atoms with Crippen molar-refractivity contribution in [2.45, 2.75) is 46.5 Å². The molecule has 0 heterocycles. The van der Waals surface area contributed by atoms with Gasteiger partial charge in [0.1, 0.15) is 0 Å². The van der Waals surface area contributed by atoms with Crippen LogP contribution in [0.1, 0.15) is 46.5 Å². The zero-order valence-electron chi connectivity index (χ0n) is 7.44. The van der Waals surface area contributed by atoms with Crippen LogP contribution in [0.5, 0.6) is 0 Å². The molecule has 1 unspecified atom stereocenters. The molecule has 0 saturated heterocycles. The molecule has 0 saturated carbocycles. The average molecular weight is 143 g/mol. The summed E-state index contributed by atoms with van der Waals surface area (Å²) >= 11 is 0. The Labute approximate surface area is 64.5 Å². The van der Waals surface area contributed by atoms with Crippen LogP contribution in [0.2, 0.25) is 0 Å². The standard InChI is InChI=1S/C9H19O/c1-4-6-9(3,5-2)7-8-10/h4-8H2,1-3H3. The molecule has 0 aromatic carbocycles. The van der Waals surface area contributed by atoms with Crippen LogP contribution < -0.4 is 0 Å². The second-order valence-electron chi connectivity index (χ2n) is 3.37. The third-order valence-electron chi connectivity index (χ3n) is 2.41. The first-order valence-corrected chi connectivity index (χ1v) is 4.26. The van der Waals surface area contributed by atoms with E-state index in [4.69, 9.17) is 0 Å². The highest BCUT2D eigenvalue weighted by Gasteiger charge is 2.19. The van der Waals surface area contributed by atoms with Gasteiger partial charge in [-0.25, -0.2) is 5.11 Å². The fraction of sp³-hybridized carbons (Fsp3) is 1.00. The lowest BCUT2D eigenvalue weighted by atomic mass is 9.80. The molecule has 0 spiro atoms. The number of hydrogen-bond donors (Lipinski definition) is 0. The second kappa shape index (κ2) is 4.73. The summed E-state index contributed by atoms with van der Waals surface area (Å²) in [4.78, 5) is 0. The second-order valence-corrected chi connectivity index (χ2v) is 3.37. The lowest BCUT2D eigenvalue weighted by molar-refractivity contribution is 0.127. The molecule has 0 bridgehead atoms. The summed E-state index contributed by atoms with van der Waals surface area (Å²) in [7, 11) is 0. The minimum Gasteiger partial charge on any atom is -0.237 e. The maximum absolute atomic E-state index is 10.4. The van der Waals surface area contributed by atoms with Crippen molar-refractivity contribution < 1.29 is 5.11 Å². The van der Waals surface area contributed by atoms with Gasteiger partial charge in [0.15, 0.2) is 0 Å². The third kappa shape index (κ3) is 3.21. The maximum atomic E-state index is 10.4. The van der Waals surface area contributed by atoms with Gasteiger partial charge in [-0.3, -0.25) is 0 Å². The van der Waals surface area contributed by atoms with E-state index in [0.29, 0.717) is 5.41 Å². The maximum Gasteiger partial charge on any atom is 0.0827 e. The van der Waals surface area contributed by atoms with E-state index < -0.39 is 0 Å². The quantitative estimate of drug-likeness (QED) is 0.563. The first kappa shape index (κ1) is 9.96. The fourth-order valence-corrected chi connectivity index (χ4v) is 1.33. The molecule has 1 atom stereocenters. The third-order valence-corrected chi connectivity index (χ3v) is 2.41. The molecular weight excluding hydrogens is 124 g/mol. The molecule has 0 aliphatic heterocycles. The predicted molar refractivity (Wildman–Crippen MR) is 43.5 cm³/mol. The van der Waals surface area contributed by atoms with E-state index >= 15 is 0 Å². The average Bonchev–Trinajstić information content (AvgIpc) is 1.89. The first-order chi connectivity index (χ1) is 4.68. The Morgan fingerprint density at radius 2 is 1.80 bits per heavy atom. The van der Waals surface area contributed by atoms with E-state index in [1.54, 1.807) is 0 Å². The van der Waals surface area contributed by atoms with Crippen LogP contribution in [-0.2, 0) is 5.11 Å². The molecule has 0 aliphatic carbocycles. The van der Waals surface area contributed by atoms with Crippen LogP contribution in [0, 0.1) is 5.41 Å². The van der Waals surface area contributed by atoms with Crippen molar-refractivity contribution in [2.75, 3.05) is 6.61 Å². The first-order valence-electron chi connectivity index (χ1n) is 4.26. The monoisotopic (exact) mass is 143 g/mol. The largest absolute Gasteiger partial charge is 0.237 e. The van der Waals surface area contributed by atoms with E-state index in [0.717, 1.165) is 12.8 Å². The Bertz CT molecular complexity index is 72.8. The molecule has 0 aromatic rings. The summed E-state index contributed by atoms with van der Waals surface area (Å²) in [5, 5.41) is 10.4. The van der Waals surface area contributed by atoms with Gasteiger partial charge in [-0.05, 0) is 18.3 Å². The van der Waals surface area contributed by atoms with Crippen LogP contribution in [-0.4, -0.2) is 6.61 Å². The van der Waals surface area contributed by atoms with Gasteiger partial charge in [0.05, 0.1) is 6.61 Å². The molecule has 0 fully saturated rings. The summed E-state index contributed by atoms with van der Waals surface area (Å²) in [6.07, 6.45) is 4.39. The minimum absolute atomic E-state index is 0.0876. The molecule has 1 radical (unpaired) electrons. The molecule has 0 amide bonds. The minimum atomic E-state index is 0.0876. The molecule has 0 rings (SSSR count). The molecule has 10 heavy (non-hydrogen) atoms. The zero-order valence-corrected chi connectivity index (χ0v) is 7.44. The fourth-order valence-electron chi connectivity index (χ4n) is 1.33. The molecule has 1 nitrogen and oxygen atoms in total. The molecule has 0 aromatic heterocycles. The van der Waals surface area contributed by atoms with Crippen molar-refractivity contribution in [3.63, 3.8) is 0 Å². The van der Waals surface area contributed by atoms with Crippen LogP contribution in [0.15, 0.2) is 0 Å². The van der Waals surface area contributed by atoms with Gasteiger partial charge in [-0.15, -0.1) is 0 Å². The summed E-state index contributed by atoms with van der Waals surface area (Å²) in [5.74, 6) is 0. The molecule has 1 heteroatoms. The summed E-state index contributed by atoms with van der Waals surface area (Å²) in [6, 6.07) is 0. The van der Waals surface area contributed by atoms with Crippen LogP contribution >= 0.6 is 0 Å². The summed E-state index contributed by atoms with van der Waals surface area (Å²) in [5.41, 5.74) is 0.330. The predicted octanol–water partition coefficient (Wildman–Crippen LogP) is 3.02. The molecule has 61 valence electrons. The Kier molecular flexibility index (Phi) is 4.71. The van der Waals surface area contributed by atoms with Gasteiger partial charge in [0.25, 0.3) is 0 Å². The Morgan fingerprint density at radius 1 is 1.20 bits per heavy atom. The van der Waals surface area contributed by atoms with Gasteiger partial charge in [-0.2, -0.15) is 0 Å². The topological polar surface area (TPSA) is 19.9 Å². The van der Waals surface area contributed by atoms with Gasteiger partial charge in [0.2, 0.25) is 0 Å². The number of rotatable bonds is 5. The van der Waals surface area contributed by atoms with Crippen molar-refractivity contribution in [3.8, 4) is 0 Å². The van der Waals surface area contributed by atoms with E-state index in [1.165, 1.54) is 12.8 Å². The molecular formula is C9H19O.